The van der Waals surface area contributed by atoms with Crippen LogP contribution in [0.25, 0.3) is 5.69 Å². The minimum atomic E-state index is -0.393. The van der Waals surface area contributed by atoms with E-state index in [1.165, 1.54) is 11.6 Å². The van der Waals surface area contributed by atoms with Crippen molar-refractivity contribution in [3.05, 3.63) is 87.9 Å². The molecule has 1 saturated carbocycles. The predicted octanol–water partition coefficient (Wildman–Crippen LogP) is 4.54. The average molecular weight is 460 g/mol. The van der Waals surface area contributed by atoms with Crippen LogP contribution in [0, 0.1) is 24.2 Å². The largest absolute Gasteiger partial charge is 0.458 e. The van der Waals surface area contributed by atoms with Gasteiger partial charge in [0.2, 0.25) is 0 Å². The molecule has 1 aromatic carbocycles. The van der Waals surface area contributed by atoms with Crippen LogP contribution in [-0.4, -0.2) is 28.7 Å². The Morgan fingerprint density at radius 3 is 2.62 bits per heavy atom. The zero-order valence-electron chi connectivity index (χ0n) is 19.7. The molecule has 5 atom stereocenters. The summed E-state index contributed by atoms with van der Waals surface area (Å²) in [7, 11) is 0. The molecule has 6 heteroatoms. The molecule has 6 nitrogen and oxygen atoms in total. The van der Waals surface area contributed by atoms with Crippen molar-refractivity contribution in [1.82, 2.24) is 4.57 Å². The first-order valence-corrected chi connectivity index (χ1v) is 11.8. The van der Waals surface area contributed by atoms with Crippen LogP contribution in [0.2, 0.25) is 0 Å². The first-order valence-electron chi connectivity index (χ1n) is 11.8. The molecule has 0 amide bonds. The van der Waals surface area contributed by atoms with Gasteiger partial charge >= 0.3 is 11.9 Å². The number of esters is 2. The van der Waals surface area contributed by atoms with Gasteiger partial charge in [-0.2, -0.15) is 0 Å². The molecule has 0 N–H and O–H groups in total. The third kappa shape index (κ3) is 3.52. The van der Waals surface area contributed by atoms with Crippen LogP contribution in [0.15, 0.2) is 71.2 Å². The number of ether oxygens (including phenoxy) is 2. The van der Waals surface area contributed by atoms with Crippen LogP contribution < -0.4 is 5.56 Å². The summed E-state index contributed by atoms with van der Waals surface area (Å²) in [5.41, 5.74) is 3.38. The lowest BCUT2D eigenvalue weighted by molar-refractivity contribution is -0.149. The second kappa shape index (κ2) is 8.12. The second-order valence-electron chi connectivity index (χ2n) is 10.1. The molecular formula is C28H29NO5. The Morgan fingerprint density at radius 2 is 1.88 bits per heavy atom. The number of pyridine rings is 1. The monoisotopic (exact) mass is 459 g/mol. The van der Waals surface area contributed by atoms with Crippen LogP contribution in [0.4, 0.5) is 0 Å². The molecule has 3 aliphatic rings. The summed E-state index contributed by atoms with van der Waals surface area (Å²) in [5, 5.41) is 0. The summed E-state index contributed by atoms with van der Waals surface area (Å²) in [5.74, 6) is -0.674. The normalized spacial score (nSPS) is 30.1. The van der Waals surface area contributed by atoms with Gasteiger partial charge in [0.25, 0.3) is 5.56 Å². The minimum absolute atomic E-state index is 0.00317. The third-order valence-corrected chi connectivity index (χ3v) is 7.95. The van der Waals surface area contributed by atoms with E-state index in [0.717, 1.165) is 18.4 Å². The van der Waals surface area contributed by atoms with Gasteiger partial charge in [0.1, 0.15) is 12.2 Å². The molecule has 0 unspecified atom stereocenters. The molecule has 2 fully saturated rings. The van der Waals surface area contributed by atoms with Gasteiger partial charge in [0.05, 0.1) is 5.56 Å². The van der Waals surface area contributed by atoms with Crippen molar-refractivity contribution in [1.29, 1.82) is 0 Å². The number of carbonyl (C=O) groups excluding carboxylic acids is 2. The number of benzene rings is 1. The molecule has 2 aromatic rings. The molecular weight excluding hydrogens is 430 g/mol. The van der Waals surface area contributed by atoms with Crippen LogP contribution >= 0.6 is 0 Å². The first-order chi connectivity index (χ1) is 16.2. The van der Waals surface area contributed by atoms with E-state index in [-0.39, 0.29) is 41.0 Å². The molecule has 0 spiro atoms. The Labute approximate surface area is 198 Å². The minimum Gasteiger partial charge on any atom is -0.458 e. The van der Waals surface area contributed by atoms with Crippen molar-refractivity contribution < 1.29 is 19.1 Å². The van der Waals surface area contributed by atoms with E-state index >= 15 is 0 Å². The summed E-state index contributed by atoms with van der Waals surface area (Å²) in [4.78, 5) is 37.5. The Morgan fingerprint density at radius 1 is 1.15 bits per heavy atom. The third-order valence-electron chi connectivity index (χ3n) is 7.95. The number of fused-ring (bicyclic) bond motifs is 3. The topological polar surface area (TPSA) is 74.6 Å². The number of hydrogen-bond acceptors (Lipinski definition) is 5. The predicted molar refractivity (Wildman–Crippen MR) is 128 cm³/mol. The summed E-state index contributed by atoms with van der Waals surface area (Å²) >= 11 is 0. The maximum Gasteiger partial charge on any atom is 0.338 e. The van der Waals surface area contributed by atoms with E-state index in [0.29, 0.717) is 23.2 Å². The number of rotatable bonds is 3. The fourth-order valence-electron chi connectivity index (χ4n) is 6.03. The van der Waals surface area contributed by atoms with E-state index in [1.54, 1.807) is 41.1 Å². The zero-order chi connectivity index (χ0) is 24.2. The quantitative estimate of drug-likeness (QED) is 0.383. The van der Waals surface area contributed by atoms with E-state index in [2.05, 4.69) is 26.5 Å². The number of aromatic nitrogens is 1. The molecule has 1 aromatic heterocycles. The molecule has 0 bridgehead atoms. The molecule has 176 valence electrons. The van der Waals surface area contributed by atoms with E-state index < -0.39 is 5.97 Å². The highest BCUT2D eigenvalue weighted by Crippen LogP contribution is 2.56. The highest BCUT2D eigenvalue weighted by molar-refractivity contribution is 5.91. The highest BCUT2D eigenvalue weighted by atomic mass is 16.6. The molecule has 34 heavy (non-hydrogen) atoms. The Hall–Kier alpha value is -3.41. The maximum absolute atomic E-state index is 13.1. The van der Waals surface area contributed by atoms with Gasteiger partial charge < -0.3 is 9.47 Å². The van der Waals surface area contributed by atoms with E-state index in [1.807, 2.05) is 6.92 Å². The smallest absolute Gasteiger partial charge is 0.338 e. The number of aryl methyl sites for hydroxylation is 1. The van der Waals surface area contributed by atoms with Crippen molar-refractivity contribution in [2.24, 2.45) is 17.3 Å². The Balaban J connectivity index is 1.37. The van der Waals surface area contributed by atoms with Crippen LogP contribution in [0.1, 0.15) is 49.0 Å². The fraction of sp³-hybridized carbons (Fsp3) is 0.393. The molecule has 5 rings (SSSR count). The fourth-order valence-corrected chi connectivity index (χ4v) is 6.03. The lowest BCUT2D eigenvalue weighted by Crippen LogP contribution is -2.53. The maximum atomic E-state index is 13.1. The molecule has 1 aliphatic heterocycles. The van der Waals surface area contributed by atoms with Crippen molar-refractivity contribution in [3.8, 4) is 5.69 Å². The lowest BCUT2D eigenvalue weighted by Gasteiger charge is -2.52. The van der Waals surface area contributed by atoms with Crippen molar-refractivity contribution >= 4 is 11.9 Å². The molecule has 0 radical (unpaired) electrons. The number of carbonyl (C=O) groups is 2. The van der Waals surface area contributed by atoms with Crippen molar-refractivity contribution in [3.63, 3.8) is 0 Å². The van der Waals surface area contributed by atoms with Crippen LogP contribution in [-0.2, 0) is 14.3 Å². The molecule has 2 aliphatic carbocycles. The molecule has 1 saturated heterocycles. The zero-order valence-corrected chi connectivity index (χ0v) is 19.7. The Bertz CT molecular complexity index is 1270. The number of hydrogen-bond donors (Lipinski definition) is 0. The van der Waals surface area contributed by atoms with Crippen molar-refractivity contribution in [2.75, 3.05) is 0 Å². The standard InChI is InChI=1S/C28H29NO5/c1-16-5-12-23(30)29(15-16)20-9-7-19(8-10-20)27(32)33-22-11-6-17(2)24-25-21(13-14-28(22,24)4)18(3)26(31)34-25/h5-10,12,15,21-22,24-25H,3,11,13-14H2,1-2,4H3/t21-,22+,24+,25-,28-/m0/s1. The van der Waals surface area contributed by atoms with Gasteiger partial charge in [-0.05, 0) is 56.5 Å². The summed E-state index contributed by atoms with van der Waals surface area (Å²) in [6.07, 6.45) is 5.57. The van der Waals surface area contributed by atoms with Crippen LogP contribution in [0.5, 0.6) is 0 Å². The average Bonchev–Trinajstić information content (AvgIpc) is 3.10. The summed E-state index contributed by atoms with van der Waals surface area (Å²) in [6.45, 7) is 10.1. The second-order valence-corrected chi connectivity index (χ2v) is 10.1. The van der Waals surface area contributed by atoms with E-state index in [9.17, 15) is 14.4 Å². The van der Waals surface area contributed by atoms with E-state index in [4.69, 9.17) is 9.47 Å². The Kier molecular flexibility index (Phi) is 5.34. The van der Waals surface area contributed by atoms with Crippen molar-refractivity contribution in [2.45, 2.75) is 52.2 Å². The SMILES string of the molecule is C=C1C(=O)O[C@@H]2[C@H]3C(C)=CC[C@@H](OC(=O)c4ccc(-n5cc(C)ccc5=O)cc4)[C@]3(C)CC[C@@H]12. The summed E-state index contributed by atoms with van der Waals surface area (Å²) in [6, 6.07) is 10.2. The van der Waals surface area contributed by atoms with Crippen LogP contribution in [0.3, 0.4) is 0 Å². The molecule has 2 heterocycles. The van der Waals surface area contributed by atoms with Gasteiger partial charge in [-0.15, -0.1) is 0 Å². The van der Waals surface area contributed by atoms with Gasteiger partial charge in [0.15, 0.2) is 0 Å². The lowest BCUT2D eigenvalue weighted by atomic mass is 9.55. The number of nitrogens with zero attached hydrogens (tertiary/aromatic N) is 1. The first kappa shape index (κ1) is 22.4. The van der Waals surface area contributed by atoms with Gasteiger partial charge in [-0.25, -0.2) is 9.59 Å². The summed E-state index contributed by atoms with van der Waals surface area (Å²) < 4.78 is 13.4. The highest BCUT2D eigenvalue weighted by Gasteiger charge is 2.58. The van der Waals surface area contributed by atoms with Gasteiger partial charge in [-0.1, -0.05) is 31.2 Å². The van der Waals surface area contributed by atoms with Gasteiger partial charge in [0, 0.05) is 47.2 Å². The van der Waals surface area contributed by atoms with Gasteiger partial charge in [-0.3, -0.25) is 9.36 Å².